The van der Waals surface area contributed by atoms with E-state index >= 15 is 0 Å². The molecule has 0 aliphatic rings. The zero-order chi connectivity index (χ0) is 70.0. The zero-order valence-corrected chi connectivity index (χ0v) is 63.8. The van der Waals surface area contributed by atoms with Crippen molar-refractivity contribution in [3.05, 3.63) is 0 Å². The molecule has 0 spiro atoms. The molecule has 0 aliphatic carbocycles. The number of unbranched alkanes of at least 4 members (excludes halogenated alkanes) is 44. The molecule has 3 N–H and O–H groups in total. The second-order valence-corrected chi connectivity index (χ2v) is 31.0. The van der Waals surface area contributed by atoms with Gasteiger partial charge in [0.1, 0.15) is 19.3 Å². The van der Waals surface area contributed by atoms with Gasteiger partial charge in [-0.05, 0) is 37.5 Å². The maximum absolute atomic E-state index is 13.1. The molecular formula is C76H148O17P2. The van der Waals surface area contributed by atoms with Crippen molar-refractivity contribution in [2.24, 2.45) is 11.8 Å². The Balaban J connectivity index is 5.23. The van der Waals surface area contributed by atoms with Crippen molar-refractivity contribution in [2.45, 2.75) is 413 Å². The highest BCUT2D eigenvalue weighted by Crippen LogP contribution is 2.45. The average Bonchev–Trinajstić information content (AvgIpc) is 2.08. The maximum Gasteiger partial charge on any atom is 0.472 e. The Labute approximate surface area is 581 Å². The smallest absolute Gasteiger partial charge is 0.462 e. The highest BCUT2D eigenvalue weighted by atomic mass is 31.2. The van der Waals surface area contributed by atoms with Crippen molar-refractivity contribution in [1.82, 2.24) is 0 Å². The van der Waals surface area contributed by atoms with Crippen LogP contribution in [0.15, 0.2) is 0 Å². The first kappa shape index (κ1) is 93.1. The van der Waals surface area contributed by atoms with Crippen LogP contribution in [0.25, 0.3) is 0 Å². The van der Waals surface area contributed by atoms with E-state index in [0.29, 0.717) is 25.7 Å². The van der Waals surface area contributed by atoms with Gasteiger partial charge in [0.05, 0.1) is 26.4 Å². The van der Waals surface area contributed by atoms with Crippen molar-refractivity contribution in [1.29, 1.82) is 0 Å². The summed E-state index contributed by atoms with van der Waals surface area (Å²) in [6.07, 6.45) is 55.4. The van der Waals surface area contributed by atoms with E-state index in [1.54, 1.807) is 0 Å². The van der Waals surface area contributed by atoms with E-state index in [1.807, 2.05) is 0 Å². The van der Waals surface area contributed by atoms with Gasteiger partial charge in [-0.15, -0.1) is 0 Å². The minimum Gasteiger partial charge on any atom is -0.462 e. The molecule has 95 heavy (non-hydrogen) atoms. The van der Waals surface area contributed by atoms with E-state index in [0.717, 1.165) is 102 Å². The molecule has 0 heterocycles. The van der Waals surface area contributed by atoms with Crippen LogP contribution < -0.4 is 0 Å². The molecule has 564 valence electrons. The van der Waals surface area contributed by atoms with E-state index < -0.39 is 97.5 Å². The Morgan fingerprint density at radius 3 is 0.800 bits per heavy atom. The van der Waals surface area contributed by atoms with Crippen LogP contribution in [0.1, 0.15) is 395 Å². The van der Waals surface area contributed by atoms with Crippen LogP contribution >= 0.6 is 15.6 Å². The summed E-state index contributed by atoms with van der Waals surface area (Å²) in [5.41, 5.74) is 0. The normalized spacial score (nSPS) is 14.3. The molecule has 0 radical (unpaired) electrons. The quantitative estimate of drug-likeness (QED) is 0.0222. The number of hydrogen-bond acceptors (Lipinski definition) is 15. The number of esters is 4. The largest absolute Gasteiger partial charge is 0.472 e. The zero-order valence-electron chi connectivity index (χ0n) is 62.0. The number of hydrogen-bond donors (Lipinski definition) is 3. The predicted molar refractivity (Wildman–Crippen MR) is 386 cm³/mol. The second-order valence-electron chi connectivity index (χ2n) is 28.1. The van der Waals surface area contributed by atoms with Gasteiger partial charge in [-0.25, -0.2) is 9.13 Å². The summed E-state index contributed by atoms with van der Waals surface area (Å²) in [4.78, 5) is 72.8. The minimum absolute atomic E-state index is 0.105. The van der Waals surface area contributed by atoms with Crippen LogP contribution in [0.3, 0.4) is 0 Å². The van der Waals surface area contributed by atoms with Gasteiger partial charge in [-0.1, -0.05) is 343 Å². The fourth-order valence-corrected chi connectivity index (χ4v) is 13.2. The molecular weight excluding hydrogens is 1250 g/mol. The molecule has 0 saturated heterocycles. The maximum atomic E-state index is 13.1. The van der Waals surface area contributed by atoms with Gasteiger partial charge in [0.25, 0.3) is 0 Å². The highest BCUT2D eigenvalue weighted by Gasteiger charge is 2.30. The average molecular weight is 1400 g/mol. The van der Waals surface area contributed by atoms with Gasteiger partial charge in [0, 0.05) is 25.7 Å². The van der Waals surface area contributed by atoms with Gasteiger partial charge in [-0.2, -0.15) is 0 Å². The van der Waals surface area contributed by atoms with Crippen molar-refractivity contribution >= 4 is 39.5 Å². The number of rotatable bonds is 75. The number of aliphatic hydroxyl groups excluding tert-OH is 1. The monoisotopic (exact) mass is 1400 g/mol. The third-order valence-corrected chi connectivity index (χ3v) is 20.0. The topological polar surface area (TPSA) is 237 Å². The van der Waals surface area contributed by atoms with E-state index in [-0.39, 0.29) is 25.7 Å². The van der Waals surface area contributed by atoms with Crippen molar-refractivity contribution in [2.75, 3.05) is 39.6 Å². The third kappa shape index (κ3) is 69.0. The summed E-state index contributed by atoms with van der Waals surface area (Å²) < 4.78 is 68.5. The van der Waals surface area contributed by atoms with Gasteiger partial charge < -0.3 is 33.8 Å². The minimum atomic E-state index is -4.96. The Morgan fingerprint density at radius 1 is 0.305 bits per heavy atom. The molecule has 0 fully saturated rings. The molecule has 3 unspecified atom stereocenters. The number of carbonyl (C=O) groups is 4. The molecule has 0 aliphatic heterocycles. The summed E-state index contributed by atoms with van der Waals surface area (Å²) in [6, 6.07) is 0. The predicted octanol–water partition coefficient (Wildman–Crippen LogP) is 22.3. The lowest BCUT2D eigenvalue weighted by Crippen LogP contribution is -2.30. The molecule has 0 aromatic heterocycles. The Bertz CT molecular complexity index is 1840. The van der Waals surface area contributed by atoms with E-state index in [1.165, 1.54) is 212 Å². The SMILES string of the molecule is CCCCCCCCCCCCCCCCCCC(=O)OC[C@H](COP(=O)(O)OC[C@@H](O)COP(=O)(O)OC[C@@H](COC(=O)CCCCCCCCCCC)OC(=O)CCCCCCCCCCCC(C)C)OC(=O)CCCCCCCCCCCCCCCCC(C)CC. The highest BCUT2D eigenvalue weighted by molar-refractivity contribution is 7.47. The summed E-state index contributed by atoms with van der Waals surface area (Å²) in [7, 11) is -9.91. The standard InChI is InChI=1S/C76H148O17P2/c1-7-10-12-14-16-18-19-20-21-22-26-29-35-41-47-53-59-74(79)87-65-72(92-75(80)60-54-48-42-36-30-27-24-23-25-28-34-39-45-51-57-69(6)9-3)67-91-95(84,85)89-63-70(77)62-88-94(82,83)90-66-71(64-86-73(78)58-52-46-40-32-17-15-13-11-8-2)93-76(81)61-55-49-43-37-31-33-38-44-50-56-68(4)5/h68-72,77H,7-67H2,1-6H3,(H,82,83)(H,84,85)/t69?,70-,71+,72+/m0/s1. The molecule has 0 bridgehead atoms. The summed E-state index contributed by atoms with van der Waals surface area (Å²) in [5.74, 6) is -0.534. The summed E-state index contributed by atoms with van der Waals surface area (Å²) in [5, 5.41) is 10.6. The molecule has 0 rings (SSSR count). The first-order valence-corrected chi connectivity index (χ1v) is 42.5. The Hall–Kier alpha value is -1.94. The molecule has 19 heteroatoms. The van der Waals surface area contributed by atoms with Crippen LogP contribution in [0.5, 0.6) is 0 Å². The van der Waals surface area contributed by atoms with Crippen LogP contribution in [0.2, 0.25) is 0 Å². The number of carbonyl (C=O) groups excluding carboxylic acids is 4. The Kier molecular flexibility index (Phi) is 66.5. The lowest BCUT2D eigenvalue weighted by molar-refractivity contribution is -0.161. The van der Waals surface area contributed by atoms with Gasteiger partial charge >= 0.3 is 39.5 Å². The van der Waals surface area contributed by atoms with E-state index in [2.05, 4.69) is 41.5 Å². The molecule has 0 saturated carbocycles. The van der Waals surface area contributed by atoms with Crippen molar-refractivity contribution < 1.29 is 80.2 Å². The van der Waals surface area contributed by atoms with E-state index in [9.17, 15) is 43.2 Å². The van der Waals surface area contributed by atoms with Crippen molar-refractivity contribution in [3.8, 4) is 0 Å². The molecule has 0 aromatic carbocycles. The first-order valence-electron chi connectivity index (χ1n) is 39.5. The second kappa shape index (κ2) is 67.9. The number of aliphatic hydroxyl groups is 1. The number of phosphoric ester groups is 2. The summed E-state index contributed by atoms with van der Waals surface area (Å²) >= 11 is 0. The fourth-order valence-electron chi connectivity index (χ4n) is 11.6. The molecule has 0 amide bonds. The molecule has 0 aromatic rings. The van der Waals surface area contributed by atoms with Gasteiger partial charge in [0.15, 0.2) is 12.2 Å². The fraction of sp³-hybridized carbons (Fsp3) is 0.947. The van der Waals surface area contributed by atoms with Crippen LogP contribution in [0, 0.1) is 11.8 Å². The van der Waals surface area contributed by atoms with Crippen LogP contribution in [0.4, 0.5) is 0 Å². The van der Waals surface area contributed by atoms with E-state index in [4.69, 9.17) is 37.0 Å². The number of phosphoric acid groups is 2. The van der Waals surface area contributed by atoms with Crippen molar-refractivity contribution in [3.63, 3.8) is 0 Å². The lowest BCUT2D eigenvalue weighted by Gasteiger charge is -2.21. The van der Waals surface area contributed by atoms with Gasteiger partial charge in [0.2, 0.25) is 0 Å². The number of ether oxygens (including phenoxy) is 4. The lowest BCUT2D eigenvalue weighted by atomic mass is 9.99. The van der Waals surface area contributed by atoms with Crippen LogP contribution in [-0.4, -0.2) is 96.7 Å². The summed E-state index contributed by atoms with van der Waals surface area (Å²) in [6.45, 7) is 9.61. The van der Waals surface area contributed by atoms with Crippen LogP contribution in [-0.2, 0) is 65.4 Å². The molecule has 17 nitrogen and oxygen atoms in total. The molecule has 6 atom stereocenters. The first-order chi connectivity index (χ1) is 45.9. The third-order valence-electron chi connectivity index (χ3n) is 18.1. The van der Waals surface area contributed by atoms with Gasteiger partial charge in [-0.3, -0.25) is 37.3 Å². The Morgan fingerprint density at radius 2 is 0.537 bits per heavy atom.